The van der Waals surface area contributed by atoms with E-state index >= 15 is 0 Å². The molecule has 0 aliphatic rings. The second-order valence-corrected chi connectivity index (χ2v) is 6.34. The Labute approximate surface area is 109 Å². The smallest absolute Gasteiger partial charge is 0.303 e. The van der Waals surface area contributed by atoms with Crippen molar-refractivity contribution in [3.05, 3.63) is 11.2 Å². The highest BCUT2D eigenvalue weighted by Gasteiger charge is 2.37. The molecule has 0 aliphatic carbocycles. The van der Waals surface area contributed by atoms with Crippen molar-refractivity contribution in [1.29, 1.82) is 0 Å². The van der Waals surface area contributed by atoms with E-state index in [1.165, 1.54) is 20.5 Å². The molecule has 2 heterocycles. The number of aryl methyl sites for hydroxylation is 1. The molecule has 2 aromatic rings. The molecule has 0 unspecified atom stereocenters. The summed E-state index contributed by atoms with van der Waals surface area (Å²) in [6.45, 7) is 5.92. The van der Waals surface area contributed by atoms with E-state index in [1.807, 2.05) is 0 Å². The van der Waals surface area contributed by atoms with Crippen LogP contribution >= 0.6 is 18.9 Å². The molecule has 2 rings (SSSR count). The average Bonchev–Trinajstić information content (AvgIpc) is 2.82. The van der Waals surface area contributed by atoms with Crippen molar-refractivity contribution in [3.8, 4) is 0 Å². The quantitative estimate of drug-likeness (QED) is 0.495. The van der Waals surface area contributed by atoms with Crippen molar-refractivity contribution in [2.75, 3.05) is 19.1 Å². The Kier molecular flexibility index (Phi) is 3.72. The van der Waals surface area contributed by atoms with Gasteiger partial charge in [0.25, 0.3) is 5.82 Å². The van der Waals surface area contributed by atoms with Crippen molar-refractivity contribution >= 4 is 29.3 Å². The van der Waals surface area contributed by atoms with Gasteiger partial charge in [-0.25, -0.2) is 0 Å². The van der Waals surface area contributed by atoms with Gasteiger partial charge in [-0.05, 0) is 13.8 Å². The lowest BCUT2D eigenvalue weighted by atomic mass is 10.7. The van der Waals surface area contributed by atoms with Gasteiger partial charge in [-0.1, -0.05) is 15.9 Å². The van der Waals surface area contributed by atoms with E-state index in [0.717, 1.165) is 0 Å². The molecule has 2 N–H and O–H groups in total. The van der Waals surface area contributed by atoms with E-state index in [-0.39, 0.29) is 0 Å². The highest BCUT2D eigenvalue weighted by Crippen LogP contribution is 2.47. The number of thiazole rings is 1. The topological polar surface area (TPSA) is 82.7 Å². The Morgan fingerprint density at radius 3 is 2.67 bits per heavy atom. The molecule has 9 heteroatoms. The van der Waals surface area contributed by atoms with Gasteiger partial charge in [0, 0.05) is 17.4 Å². The number of aromatic nitrogens is 3. The minimum atomic E-state index is -3.33. The Hall–Kier alpha value is -0.950. The van der Waals surface area contributed by atoms with Gasteiger partial charge in [0.1, 0.15) is 0 Å². The highest BCUT2D eigenvalue weighted by atomic mass is 32.1. The van der Waals surface area contributed by atoms with Crippen LogP contribution in [-0.4, -0.2) is 22.8 Å². The molecular weight excluding hydrogens is 275 g/mol. The molecule has 0 bridgehead atoms. The third kappa shape index (κ3) is 2.05. The first kappa shape index (κ1) is 13.5. The van der Waals surface area contributed by atoms with Gasteiger partial charge >= 0.3 is 12.6 Å². The van der Waals surface area contributed by atoms with Crippen LogP contribution in [0.3, 0.4) is 0 Å². The van der Waals surface area contributed by atoms with Gasteiger partial charge in [0.15, 0.2) is 0 Å². The van der Waals surface area contributed by atoms with E-state index in [9.17, 15) is 4.57 Å². The number of nitrogens with zero attached hydrogens (tertiary/aromatic N) is 3. The normalized spacial score (nSPS) is 12.4. The Bertz CT molecular complexity index is 598. The van der Waals surface area contributed by atoms with Gasteiger partial charge in [-0.3, -0.25) is 10.4 Å². The van der Waals surface area contributed by atoms with Gasteiger partial charge < -0.3 is 9.05 Å². The standard InChI is InChI=1S/C9H16N4O3PS/c1-4-15-17(14,16-5-2)8-6-18-9-12(10)7(3)11-13(8)9/h6H,4-5,10H2,1-3H3/q+1. The summed E-state index contributed by atoms with van der Waals surface area (Å²) in [5, 5.41) is 5.94. The molecule has 0 atom stereocenters. The highest BCUT2D eigenvalue weighted by molar-refractivity contribution is 7.62. The summed E-state index contributed by atoms with van der Waals surface area (Å²) in [4.78, 5) is 0.683. The largest absolute Gasteiger partial charge is 0.397 e. The van der Waals surface area contributed by atoms with Crippen LogP contribution in [0.2, 0.25) is 0 Å². The van der Waals surface area contributed by atoms with Gasteiger partial charge in [-0.2, -0.15) is 0 Å². The SMILES string of the molecule is CCOP(=O)(OCC)c1csc2n1nc(C)[n+]2N. The van der Waals surface area contributed by atoms with Crippen molar-refractivity contribution in [3.63, 3.8) is 0 Å². The third-order valence-corrected chi connectivity index (χ3v) is 5.52. The lowest BCUT2D eigenvalue weighted by molar-refractivity contribution is -0.617. The van der Waals surface area contributed by atoms with Crippen LogP contribution in [0.4, 0.5) is 0 Å². The number of nitrogens with two attached hydrogens (primary N) is 1. The molecule has 7 nitrogen and oxygen atoms in total. The maximum absolute atomic E-state index is 12.7. The minimum Gasteiger partial charge on any atom is -0.303 e. The molecule has 18 heavy (non-hydrogen) atoms. The summed E-state index contributed by atoms with van der Waals surface area (Å²) in [6.07, 6.45) is 0. The second-order valence-electron chi connectivity index (χ2n) is 3.54. The van der Waals surface area contributed by atoms with Gasteiger partial charge in [0.2, 0.25) is 5.44 Å². The monoisotopic (exact) mass is 291 g/mol. The maximum Gasteiger partial charge on any atom is 0.397 e. The minimum absolute atomic E-state index is 0.303. The van der Waals surface area contributed by atoms with Crippen LogP contribution in [0.1, 0.15) is 19.7 Å². The van der Waals surface area contributed by atoms with Crippen LogP contribution < -0.4 is 16.0 Å². The molecule has 0 aliphatic heterocycles. The van der Waals surface area contributed by atoms with E-state index < -0.39 is 7.60 Å². The molecule has 0 amide bonds. The number of rotatable bonds is 5. The fourth-order valence-corrected chi connectivity index (χ4v) is 4.51. The zero-order chi connectivity index (χ0) is 13.3. The summed E-state index contributed by atoms with van der Waals surface area (Å²) >= 11 is 1.35. The van der Waals surface area contributed by atoms with Gasteiger partial charge in [-0.15, -0.1) is 4.68 Å². The lowest BCUT2D eigenvalue weighted by Crippen LogP contribution is -2.45. The van der Waals surface area contributed by atoms with Crippen LogP contribution in [0.5, 0.6) is 0 Å². The first-order chi connectivity index (χ1) is 8.53. The van der Waals surface area contributed by atoms with Gasteiger partial charge in [0.05, 0.1) is 13.2 Å². The number of nitrogen functional groups attached to an aromatic ring is 1. The second kappa shape index (κ2) is 4.97. The zero-order valence-corrected chi connectivity index (χ0v) is 12.2. The third-order valence-electron chi connectivity index (χ3n) is 2.35. The average molecular weight is 291 g/mol. The molecular formula is C9H16N4O3PS+. The molecule has 0 saturated carbocycles. The first-order valence-electron chi connectivity index (χ1n) is 5.57. The fraction of sp³-hybridized carbons (Fsp3) is 0.556. The Morgan fingerprint density at radius 1 is 1.50 bits per heavy atom. The molecule has 0 aromatic carbocycles. The molecule has 100 valence electrons. The number of hydrogen-bond donors (Lipinski definition) is 1. The van der Waals surface area contributed by atoms with E-state index in [1.54, 1.807) is 26.2 Å². The van der Waals surface area contributed by atoms with Crippen LogP contribution in [0.25, 0.3) is 4.96 Å². The predicted octanol–water partition coefficient (Wildman–Crippen LogP) is 0.597. The molecule has 0 radical (unpaired) electrons. The summed E-state index contributed by atoms with van der Waals surface area (Å²) in [5.41, 5.74) is 0.415. The van der Waals surface area contributed by atoms with Crippen molar-refractivity contribution in [1.82, 2.24) is 9.61 Å². The fourth-order valence-electron chi connectivity index (χ4n) is 1.58. The molecule has 0 saturated heterocycles. The summed E-state index contributed by atoms with van der Waals surface area (Å²) < 4.78 is 26.2. The predicted molar refractivity (Wildman–Crippen MR) is 68.6 cm³/mol. The maximum atomic E-state index is 12.7. The van der Waals surface area contributed by atoms with E-state index in [4.69, 9.17) is 14.9 Å². The number of fused-ring (bicyclic) bond motifs is 1. The van der Waals surface area contributed by atoms with E-state index in [0.29, 0.717) is 29.4 Å². The Balaban J connectivity index is 2.58. The molecule has 0 fully saturated rings. The first-order valence-corrected chi connectivity index (χ1v) is 7.99. The van der Waals surface area contributed by atoms with Crippen molar-refractivity contribution in [2.45, 2.75) is 20.8 Å². The molecule has 0 spiro atoms. The summed E-state index contributed by atoms with van der Waals surface area (Å²) in [6, 6.07) is 0. The molecule has 2 aromatic heterocycles. The van der Waals surface area contributed by atoms with E-state index in [2.05, 4.69) is 5.10 Å². The van der Waals surface area contributed by atoms with Crippen LogP contribution in [0, 0.1) is 6.92 Å². The van der Waals surface area contributed by atoms with Crippen molar-refractivity contribution in [2.24, 2.45) is 0 Å². The Morgan fingerprint density at radius 2 is 2.11 bits per heavy atom. The number of hydrogen-bond acceptors (Lipinski definition) is 6. The van der Waals surface area contributed by atoms with Crippen molar-refractivity contribution < 1.29 is 18.3 Å². The summed E-state index contributed by atoms with van der Waals surface area (Å²) in [7, 11) is -3.33. The van der Waals surface area contributed by atoms with Crippen LogP contribution in [0.15, 0.2) is 5.38 Å². The lowest BCUT2D eigenvalue weighted by Gasteiger charge is -2.12. The summed E-state index contributed by atoms with van der Waals surface area (Å²) in [5.74, 6) is 6.44. The van der Waals surface area contributed by atoms with Crippen LogP contribution in [-0.2, 0) is 13.6 Å². The zero-order valence-electron chi connectivity index (χ0n) is 10.5.